The molecule has 7 nitrogen and oxygen atoms in total. The van der Waals surface area contributed by atoms with Gasteiger partial charge >= 0.3 is 5.69 Å². The maximum atomic E-state index is 11.6. The van der Waals surface area contributed by atoms with Gasteiger partial charge in [-0.25, -0.2) is 9.48 Å². The zero-order valence-electron chi connectivity index (χ0n) is 9.49. The Bertz CT molecular complexity index is 842. The third kappa shape index (κ3) is 1.53. The van der Waals surface area contributed by atoms with E-state index in [0.29, 0.717) is 11.2 Å². The summed E-state index contributed by atoms with van der Waals surface area (Å²) in [5.41, 5.74) is 1.29. The molecule has 0 spiro atoms. The summed E-state index contributed by atoms with van der Waals surface area (Å²) < 4.78 is 2.99. The third-order valence-electron chi connectivity index (χ3n) is 2.70. The Hall–Kier alpha value is -2.70. The number of aryl methyl sites for hydroxylation is 1. The van der Waals surface area contributed by atoms with Crippen LogP contribution in [-0.2, 0) is 7.05 Å². The summed E-state index contributed by atoms with van der Waals surface area (Å²) in [5, 5.41) is 7.87. The minimum atomic E-state index is -0.481. The lowest BCUT2D eigenvalue weighted by Crippen LogP contribution is -2.27. The van der Waals surface area contributed by atoms with E-state index >= 15 is 0 Å². The van der Waals surface area contributed by atoms with E-state index in [1.807, 2.05) is 6.07 Å². The van der Waals surface area contributed by atoms with E-state index in [1.165, 1.54) is 16.8 Å². The summed E-state index contributed by atoms with van der Waals surface area (Å²) in [6.07, 6.45) is 1.43. The minimum absolute atomic E-state index is 0.420. The second-order valence-electron chi connectivity index (χ2n) is 3.87. The van der Waals surface area contributed by atoms with Gasteiger partial charge in [-0.2, -0.15) is 0 Å². The molecule has 0 aliphatic rings. The average Bonchev–Trinajstić information content (AvgIpc) is 2.71. The largest absolute Gasteiger partial charge is 0.332 e. The van der Waals surface area contributed by atoms with Crippen LogP contribution in [0.2, 0.25) is 0 Å². The van der Waals surface area contributed by atoms with Crippen molar-refractivity contribution in [1.82, 2.24) is 24.5 Å². The van der Waals surface area contributed by atoms with Crippen LogP contribution in [0, 0.1) is 0 Å². The number of hydrogen-bond acceptors (Lipinski definition) is 4. The molecule has 0 fully saturated rings. The van der Waals surface area contributed by atoms with Gasteiger partial charge in [-0.1, -0.05) is 5.21 Å². The van der Waals surface area contributed by atoms with E-state index < -0.39 is 11.2 Å². The first kappa shape index (κ1) is 10.5. The zero-order valence-corrected chi connectivity index (χ0v) is 9.49. The van der Waals surface area contributed by atoms with Gasteiger partial charge in [0.05, 0.1) is 11.2 Å². The first-order chi connectivity index (χ1) is 8.65. The molecule has 0 radical (unpaired) electrons. The van der Waals surface area contributed by atoms with Crippen molar-refractivity contribution in [2.75, 3.05) is 0 Å². The average molecular weight is 243 g/mol. The van der Waals surface area contributed by atoms with E-state index in [2.05, 4.69) is 15.3 Å². The Balaban J connectivity index is 2.25. The normalized spacial score (nSPS) is 10.9. The molecule has 0 aliphatic heterocycles. The molecule has 1 N–H and O–H groups in total. The van der Waals surface area contributed by atoms with Crippen molar-refractivity contribution in [3.05, 3.63) is 51.3 Å². The molecule has 0 unspecified atom stereocenters. The molecule has 1 aromatic carbocycles. The molecule has 0 atom stereocenters. The van der Waals surface area contributed by atoms with Gasteiger partial charge in [0.2, 0.25) is 0 Å². The number of rotatable bonds is 1. The van der Waals surface area contributed by atoms with E-state index in [0.717, 1.165) is 5.52 Å². The molecule has 2 heterocycles. The van der Waals surface area contributed by atoms with Crippen molar-refractivity contribution in [1.29, 1.82) is 0 Å². The molecule has 2 aromatic heterocycles. The number of fused-ring (bicyclic) bond motifs is 1. The summed E-state index contributed by atoms with van der Waals surface area (Å²) in [4.78, 5) is 24.8. The molecule has 7 heteroatoms. The maximum absolute atomic E-state index is 11.6. The van der Waals surface area contributed by atoms with Gasteiger partial charge in [0.1, 0.15) is 5.52 Å². The SMILES string of the molecule is Cn1nnc2cc(-n3ccc(=O)[nH]c3=O)ccc21. The minimum Gasteiger partial charge on any atom is -0.274 e. The van der Waals surface area contributed by atoms with E-state index in [1.54, 1.807) is 23.9 Å². The van der Waals surface area contributed by atoms with Gasteiger partial charge in [-0.05, 0) is 18.2 Å². The van der Waals surface area contributed by atoms with E-state index in [4.69, 9.17) is 0 Å². The Morgan fingerprint density at radius 2 is 2.06 bits per heavy atom. The first-order valence-corrected chi connectivity index (χ1v) is 5.27. The van der Waals surface area contributed by atoms with Crippen LogP contribution in [0.1, 0.15) is 0 Å². The number of aromatic nitrogens is 5. The van der Waals surface area contributed by atoms with Crippen LogP contribution in [-0.4, -0.2) is 24.5 Å². The topological polar surface area (TPSA) is 85.6 Å². The first-order valence-electron chi connectivity index (χ1n) is 5.27. The molecule has 3 aromatic rings. The summed E-state index contributed by atoms with van der Waals surface area (Å²) in [5.74, 6) is 0. The molecule has 18 heavy (non-hydrogen) atoms. The highest BCUT2D eigenvalue weighted by atomic mass is 16.2. The van der Waals surface area contributed by atoms with Crippen molar-refractivity contribution >= 4 is 11.0 Å². The van der Waals surface area contributed by atoms with Crippen LogP contribution in [0.3, 0.4) is 0 Å². The van der Waals surface area contributed by atoms with Crippen LogP contribution in [0.4, 0.5) is 0 Å². The molecule has 0 amide bonds. The molecule has 0 saturated carbocycles. The lowest BCUT2D eigenvalue weighted by molar-refractivity contribution is 0.736. The van der Waals surface area contributed by atoms with E-state index in [9.17, 15) is 9.59 Å². The number of H-pyrrole nitrogens is 1. The summed E-state index contributed by atoms with van der Waals surface area (Å²) in [6, 6.07) is 6.62. The van der Waals surface area contributed by atoms with Crippen molar-refractivity contribution in [3.63, 3.8) is 0 Å². The van der Waals surface area contributed by atoms with Gasteiger partial charge in [0, 0.05) is 19.3 Å². The monoisotopic (exact) mass is 243 g/mol. The van der Waals surface area contributed by atoms with Gasteiger partial charge in [0.25, 0.3) is 5.56 Å². The molecule has 3 rings (SSSR count). The molecule has 0 bridgehead atoms. The van der Waals surface area contributed by atoms with Gasteiger partial charge < -0.3 is 0 Å². The highest BCUT2D eigenvalue weighted by Crippen LogP contribution is 2.14. The quantitative estimate of drug-likeness (QED) is 0.641. The van der Waals surface area contributed by atoms with E-state index in [-0.39, 0.29) is 0 Å². The third-order valence-corrected chi connectivity index (χ3v) is 2.70. The number of aromatic amines is 1. The Labute approximate surface area is 100 Å². The van der Waals surface area contributed by atoms with Crippen LogP contribution < -0.4 is 11.2 Å². The highest BCUT2D eigenvalue weighted by Gasteiger charge is 2.05. The molecule has 0 aliphatic carbocycles. The van der Waals surface area contributed by atoms with Gasteiger partial charge in [0.15, 0.2) is 0 Å². The highest BCUT2D eigenvalue weighted by molar-refractivity contribution is 5.76. The fourth-order valence-electron chi connectivity index (χ4n) is 1.80. The predicted molar refractivity (Wildman–Crippen MR) is 64.7 cm³/mol. The molecular weight excluding hydrogens is 234 g/mol. The van der Waals surface area contributed by atoms with Crippen molar-refractivity contribution in [2.24, 2.45) is 7.05 Å². The van der Waals surface area contributed by atoms with Gasteiger partial charge in [-0.15, -0.1) is 5.10 Å². The Kier molecular flexibility index (Phi) is 2.12. The standard InChI is InChI=1S/C11H9N5O2/c1-15-9-3-2-7(6-8(9)13-14-15)16-5-4-10(17)12-11(16)18/h2-6H,1H3,(H,12,17,18). The fourth-order valence-corrected chi connectivity index (χ4v) is 1.80. The number of nitrogens with one attached hydrogen (secondary N) is 1. The number of hydrogen-bond donors (Lipinski definition) is 1. The summed E-state index contributed by atoms with van der Waals surface area (Å²) in [6.45, 7) is 0. The lowest BCUT2D eigenvalue weighted by Gasteiger charge is -2.03. The summed E-state index contributed by atoms with van der Waals surface area (Å²) >= 11 is 0. The molecule has 0 saturated heterocycles. The predicted octanol–water partition coefficient (Wildman–Crippen LogP) is -0.193. The van der Waals surface area contributed by atoms with Crippen LogP contribution >= 0.6 is 0 Å². The Morgan fingerprint density at radius 1 is 1.22 bits per heavy atom. The number of nitrogens with zero attached hydrogens (tertiary/aromatic N) is 4. The second kappa shape index (κ2) is 3.66. The van der Waals surface area contributed by atoms with Crippen LogP contribution in [0.25, 0.3) is 16.7 Å². The van der Waals surface area contributed by atoms with Crippen LogP contribution in [0.5, 0.6) is 0 Å². The number of benzene rings is 1. The lowest BCUT2D eigenvalue weighted by atomic mass is 10.2. The molecular formula is C11H9N5O2. The Morgan fingerprint density at radius 3 is 2.83 bits per heavy atom. The van der Waals surface area contributed by atoms with Gasteiger partial charge in [-0.3, -0.25) is 14.3 Å². The molecule has 90 valence electrons. The van der Waals surface area contributed by atoms with Crippen molar-refractivity contribution in [3.8, 4) is 5.69 Å². The second-order valence-corrected chi connectivity index (χ2v) is 3.87. The fraction of sp³-hybridized carbons (Fsp3) is 0.0909. The smallest absolute Gasteiger partial charge is 0.274 e. The maximum Gasteiger partial charge on any atom is 0.332 e. The van der Waals surface area contributed by atoms with Crippen LogP contribution in [0.15, 0.2) is 40.1 Å². The zero-order chi connectivity index (χ0) is 12.7. The van der Waals surface area contributed by atoms with Crippen molar-refractivity contribution < 1.29 is 0 Å². The van der Waals surface area contributed by atoms with Crippen molar-refractivity contribution in [2.45, 2.75) is 0 Å². The summed E-state index contributed by atoms with van der Waals surface area (Å²) in [7, 11) is 1.79.